The third-order valence-electron chi connectivity index (χ3n) is 3.60. The Morgan fingerprint density at radius 1 is 1.32 bits per heavy atom. The molecule has 1 aromatic rings. The highest BCUT2D eigenvalue weighted by Crippen LogP contribution is 2.31. The number of anilines is 2. The fraction of sp³-hybridized carbons (Fsp3) is 0.643. The average molecular weight is 329 g/mol. The van der Waals surface area contributed by atoms with E-state index in [9.17, 15) is 4.79 Å². The molecule has 0 atom stereocenters. The van der Waals surface area contributed by atoms with Crippen molar-refractivity contribution >= 4 is 29.1 Å². The van der Waals surface area contributed by atoms with Crippen LogP contribution in [0.2, 0.25) is 5.28 Å². The van der Waals surface area contributed by atoms with Crippen LogP contribution in [0, 0.1) is 0 Å². The normalized spacial score (nSPS) is 14.0. The molecule has 1 aliphatic rings. The van der Waals surface area contributed by atoms with E-state index in [1.54, 1.807) is 13.3 Å². The highest BCUT2D eigenvalue weighted by atomic mass is 35.5. The largest absolute Gasteiger partial charge is 0.469 e. The molecule has 0 amide bonds. The van der Waals surface area contributed by atoms with Crippen molar-refractivity contribution in [1.29, 1.82) is 0 Å². The predicted octanol–water partition coefficient (Wildman–Crippen LogP) is 1.36. The summed E-state index contributed by atoms with van der Waals surface area (Å²) in [5.74, 6) is 0.632. The number of fused-ring (bicyclic) bond motifs is 1. The van der Waals surface area contributed by atoms with Crippen molar-refractivity contribution in [3.63, 3.8) is 0 Å². The van der Waals surface area contributed by atoms with Crippen LogP contribution in [0.3, 0.4) is 0 Å². The van der Waals surface area contributed by atoms with Crippen LogP contribution < -0.4 is 9.80 Å². The lowest BCUT2D eigenvalue weighted by Gasteiger charge is -2.37. The molecule has 2 heterocycles. The van der Waals surface area contributed by atoms with Crippen LogP contribution in [0.1, 0.15) is 12.8 Å². The second-order valence-electron chi connectivity index (χ2n) is 4.99. The lowest BCUT2D eigenvalue weighted by molar-refractivity contribution is -0.140. The van der Waals surface area contributed by atoms with Gasteiger partial charge in [-0.25, -0.2) is 4.98 Å². The number of hydrogen-bond donors (Lipinski definition) is 0. The molecule has 0 saturated carbocycles. The smallest absolute Gasteiger partial charge is 0.305 e. The van der Waals surface area contributed by atoms with Crippen LogP contribution in [0.25, 0.3) is 0 Å². The lowest BCUT2D eigenvalue weighted by Crippen LogP contribution is -2.43. The van der Waals surface area contributed by atoms with Crippen molar-refractivity contribution in [3.8, 4) is 0 Å². The number of esters is 1. The summed E-state index contributed by atoms with van der Waals surface area (Å²) >= 11 is 5.93. The molecular formula is C14H21ClN4O3. The summed E-state index contributed by atoms with van der Waals surface area (Å²) in [4.78, 5) is 24.0. The lowest BCUT2D eigenvalue weighted by atomic mass is 10.2. The molecule has 0 spiro atoms. The third kappa shape index (κ3) is 4.20. The number of carbonyl (C=O) groups excluding carboxylic acids is 1. The van der Waals surface area contributed by atoms with Crippen LogP contribution in [-0.2, 0) is 14.3 Å². The Morgan fingerprint density at radius 2 is 2.09 bits per heavy atom. The monoisotopic (exact) mass is 328 g/mol. The topological polar surface area (TPSA) is 67.8 Å². The summed E-state index contributed by atoms with van der Waals surface area (Å²) in [5.41, 5.74) is 0.941. The van der Waals surface area contributed by atoms with E-state index in [1.165, 1.54) is 7.11 Å². The van der Waals surface area contributed by atoms with Crippen LogP contribution >= 0.6 is 11.6 Å². The molecule has 0 unspecified atom stereocenters. The molecule has 0 fully saturated rings. The standard InChI is InChI=1S/C14H21ClN4O3/c1-21-9-8-19-7-6-18(5-3-4-12(20)22-2)11-10-16-14(15)17-13(11)19/h10H,3-9H2,1-2H3. The van der Waals surface area contributed by atoms with Crippen molar-refractivity contribution in [2.45, 2.75) is 12.8 Å². The van der Waals surface area contributed by atoms with Gasteiger partial charge >= 0.3 is 5.97 Å². The van der Waals surface area contributed by atoms with E-state index < -0.39 is 0 Å². The molecule has 2 rings (SSSR count). The van der Waals surface area contributed by atoms with E-state index in [0.29, 0.717) is 13.0 Å². The number of rotatable bonds is 7. The highest BCUT2D eigenvalue weighted by molar-refractivity contribution is 6.28. The minimum Gasteiger partial charge on any atom is -0.469 e. The molecule has 0 aliphatic carbocycles. The molecule has 7 nitrogen and oxygen atoms in total. The summed E-state index contributed by atoms with van der Waals surface area (Å²) in [7, 11) is 3.08. The Labute approximate surface area is 135 Å². The maximum absolute atomic E-state index is 11.2. The van der Waals surface area contributed by atoms with Gasteiger partial charge in [0.2, 0.25) is 5.28 Å². The maximum atomic E-state index is 11.2. The van der Waals surface area contributed by atoms with Crippen LogP contribution in [0.15, 0.2) is 6.20 Å². The fourth-order valence-electron chi connectivity index (χ4n) is 2.44. The Bertz CT molecular complexity index is 515. The molecule has 0 saturated heterocycles. The molecule has 22 heavy (non-hydrogen) atoms. The molecule has 1 aromatic heterocycles. The van der Waals surface area contributed by atoms with Gasteiger partial charge in [-0.05, 0) is 18.0 Å². The quantitative estimate of drug-likeness (QED) is 0.553. The molecule has 0 N–H and O–H groups in total. The fourth-order valence-corrected chi connectivity index (χ4v) is 2.57. The summed E-state index contributed by atoms with van der Waals surface area (Å²) in [5, 5.41) is 0.234. The van der Waals surface area contributed by atoms with Crippen molar-refractivity contribution in [2.24, 2.45) is 0 Å². The summed E-state index contributed by atoms with van der Waals surface area (Å²) in [6.07, 6.45) is 2.87. The van der Waals surface area contributed by atoms with Crippen molar-refractivity contribution in [2.75, 3.05) is 56.8 Å². The molecule has 1 aliphatic heterocycles. The molecular weight excluding hydrogens is 308 g/mol. The Hall–Kier alpha value is -1.60. The van der Waals surface area contributed by atoms with Crippen LogP contribution in [-0.4, -0.2) is 62.9 Å². The number of nitrogens with zero attached hydrogens (tertiary/aromatic N) is 4. The van der Waals surface area contributed by atoms with E-state index in [1.807, 2.05) is 0 Å². The number of carbonyl (C=O) groups is 1. The minimum absolute atomic E-state index is 0.189. The maximum Gasteiger partial charge on any atom is 0.305 e. The van der Waals surface area contributed by atoms with Gasteiger partial charge in [-0.1, -0.05) is 0 Å². The van der Waals surface area contributed by atoms with Gasteiger partial charge in [-0.3, -0.25) is 4.79 Å². The zero-order valence-electron chi connectivity index (χ0n) is 12.9. The second-order valence-corrected chi connectivity index (χ2v) is 5.33. The van der Waals surface area contributed by atoms with Gasteiger partial charge in [0.05, 0.1) is 25.6 Å². The van der Waals surface area contributed by atoms with E-state index in [4.69, 9.17) is 16.3 Å². The third-order valence-corrected chi connectivity index (χ3v) is 3.78. The van der Waals surface area contributed by atoms with Gasteiger partial charge in [0.1, 0.15) is 0 Å². The molecule has 0 bridgehead atoms. The molecule has 0 radical (unpaired) electrons. The minimum atomic E-state index is -0.189. The zero-order valence-corrected chi connectivity index (χ0v) is 13.7. The Kier molecular flexibility index (Phi) is 6.21. The molecule has 0 aromatic carbocycles. The number of methoxy groups -OCH3 is 2. The Balaban J connectivity index is 2.06. The summed E-state index contributed by atoms with van der Waals surface area (Å²) < 4.78 is 9.80. The average Bonchev–Trinajstić information content (AvgIpc) is 2.53. The van der Waals surface area contributed by atoms with Gasteiger partial charge in [0, 0.05) is 39.7 Å². The summed E-state index contributed by atoms with van der Waals surface area (Å²) in [6.45, 7) is 3.83. The van der Waals surface area contributed by atoms with Crippen molar-refractivity contribution in [1.82, 2.24) is 9.97 Å². The summed E-state index contributed by atoms with van der Waals surface area (Å²) in [6, 6.07) is 0. The number of aromatic nitrogens is 2. The second kappa shape index (κ2) is 8.14. The Morgan fingerprint density at radius 3 is 2.82 bits per heavy atom. The van der Waals surface area contributed by atoms with Gasteiger partial charge in [0.15, 0.2) is 5.82 Å². The number of ether oxygens (including phenoxy) is 2. The first-order valence-electron chi connectivity index (χ1n) is 7.24. The first kappa shape index (κ1) is 16.8. The van der Waals surface area contributed by atoms with Crippen molar-refractivity contribution in [3.05, 3.63) is 11.5 Å². The molecule has 122 valence electrons. The SMILES string of the molecule is COCCN1CCN(CCCC(=O)OC)c2cnc(Cl)nc21. The van der Waals surface area contributed by atoms with Gasteiger partial charge in [-0.15, -0.1) is 0 Å². The van der Waals surface area contributed by atoms with E-state index in [0.717, 1.165) is 44.1 Å². The van der Waals surface area contributed by atoms with Crippen LogP contribution in [0.4, 0.5) is 11.5 Å². The first-order chi connectivity index (χ1) is 10.7. The van der Waals surface area contributed by atoms with Crippen molar-refractivity contribution < 1.29 is 14.3 Å². The number of hydrogen-bond acceptors (Lipinski definition) is 7. The molecule has 8 heteroatoms. The van der Waals surface area contributed by atoms with Gasteiger partial charge in [0.25, 0.3) is 0 Å². The highest BCUT2D eigenvalue weighted by Gasteiger charge is 2.24. The van der Waals surface area contributed by atoms with Crippen LogP contribution in [0.5, 0.6) is 0 Å². The van der Waals surface area contributed by atoms with Gasteiger partial charge < -0.3 is 19.3 Å². The van der Waals surface area contributed by atoms with E-state index >= 15 is 0 Å². The zero-order chi connectivity index (χ0) is 15.9. The van der Waals surface area contributed by atoms with E-state index in [2.05, 4.69) is 24.5 Å². The van der Waals surface area contributed by atoms with E-state index in [-0.39, 0.29) is 11.3 Å². The van der Waals surface area contributed by atoms with Gasteiger partial charge in [-0.2, -0.15) is 4.98 Å². The predicted molar refractivity (Wildman–Crippen MR) is 84.6 cm³/mol. The first-order valence-corrected chi connectivity index (χ1v) is 7.61. The number of halogens is 1.